The number of carbonyl (C=O) groups is 2. The third kappa shape index (κ3) is 4.48. The van der Waals surface area contributed by atoms with E-state index < -0.39 is 0 Å². The van der Waals surface area contributed by atoms with Gasteiger partial charge in [-0.1, -0.05) is 30.3 Å². The van der Waals surface area contributed by atoms with Gasteiger partial charge in [-0.05, 0) is 13.0 Å². The highest BCUT2D eigenvalue weighted by molar-refractivity contribution is 5.95. The lowest BCUT2D eigenvalue weighted by Gasteiger charge is -2.18. The van der Waals surface area contributed by atoms with Gasteiger partial charge >= 0.3 is 0 Å². The maximum absolute atomic E-state index is 11.9. The minimum atomic E-state index is 0.128. The van der Waals surface area contributed by atoms with Crippen molar-refractivity contribution in [2.75, 3.05) is 26.2 Å². The maximum atomic E-state index is 11.9. The van der Waals surface area contributed by atoms with E-state index in [0.717, 1.165) is 31.6 Å². The largest absolute Gasteiger partial charge is 0.355 e. The van der Waals surface area contributed by atoms with Crippen LogP contribution in [0.1, 0.15) is 29.6 Å². The molecule has 0 unspecified atom stereocenters. The Balaban J connectivity index is 1.71. The lowest BCUT2D eigenvalue weighted by Crippen LogP contribution is -2.29. The minimum Gasteiger partial charge on any atom is -0.355 e. The molecule has 2 rings (SSSR count). The molecule has 1 aliphatic rings. The average molecular weight is 260 g/mol. The monoisotopic (exact) mass is 260 g/mol. The molecule has 19 heavy (non-hydrogen) atoms. The second-order valence-corrected chi connectivity index (χ2v) is 4.83. The number of carbonyl (C=O) groups excluding carboxylic acids is 2. The molecule has 0 aromatic heterocycles. The van der Waals surface area contributed by atoms with Crippen LogP contribution < -0.4 is 5.32 Å². The van der Waals surface area contributed by atoms with Gasteiger partial charge in [0.15, 0.2) is 5.78 Å². The molecule has 102 valence electrons. The van der Waals surface area contributed by atoms with Crippen LogP contribution >= 0.6 is 0 Å². The number of hydrogen-bond acceptors (Lipinski definition) is 3. The topological polar surface area (TPSA) is 49.4 Å². The number of nitrogens with one attached hydrogen (secondary N) is 1. The Morgan fingerprint density at radius 1 is 1.21 bits per heavy atom. The first kappa shape index (κ1) is 13.7. The molecule has 0 atom stereocenters. The van der Waals surface area contributed by atoms with Crippen LogP contribution in [0.4, 0.5) is 0 Å². The van der Waals surface area contributed by atoms with E-state index in [2.05, 4.69) is 10.2 Å². The zero-order chi connectivity index (χ0) is 13.5. The number of nitrogens with zero attached hydrogens (tertiary/aromatic N) is 1. The number of benzene rings is 1. The molecule has 1 aromatic rings. The van der Waals surface area contributed by atoms with Crippen LogP contribution in [0.3, 0.4) is 0 Å². The van der Waals surface area contributed by atoms with Gasteiger partial charge < -0.3 is 10.2 Å². The highest BCUT2D eigenvalue weighted by Crippen LogP contribution is 2.06. The summed E-state index contributed by atoms with van der Waals surface area (Å²) in [6.45, 7) is 3.27. The van der Waals surface area contributed by atoms with Gasteiger partial charge in [0.25, 0.3) is 0 Å². The third-order valence-electron chi connectivity index (χ3n) is 3.38. The van der Waals surface area contributed by atoms with Crippen LogP contribution in [0.2, 0.25) is 0 Å². The fourth-order valence-corrected chi connectivity index (χ4v) is 2.27. The fraction of sp³-hybridized carbons (Fsp3) is 0.467. The molecule has 0 bridgehead atoms. The van der Waals surface area contributed by atoms with Crippen LogP contribution in [-0.4, -0.2) is 42.8 Å². The van der Waals surface area contributed by atoms with Crippen molar-refractivity contribution in [3.63, 3.8) is 0 Å². The molecule has 0 spiro atoms. The van der Waals surface area contributed by atoms with Crippen molar-refractivity contribution in [3.8, 4) is 0 Å². The Morgan fingerprint density at radius 2 is 2.00 bits per heavy atom. The summed E-state index contributed by atoms with van der Waals surface area (Å²) in [5, 5.41) is 2.85. The molecule has 1 heterocycles. The first-order valence-corrected chi connectivity index (χ1v) is 6.83. The van der Waals surface area contributed by atoms with Gasteiger partial charge in [-0.25, -0.2) is 0 Å². The molecule has 4 nitrogen and oxygen atoms in total. The molecule has 4 heteroatoms. The number of Topliss-reactive ketones (excluding diaryl/α,β-unsaturated/α-hetero) is 1. The molecule has 1 saturated heterocycles. The molecule has 0 aliphatic carbocycles. The van der Waals surface area contributed by atoms with E-state index in [1.807, 2.05) is 30.3 Å². The zero-order valence-corrected chi connectivity index (χ0v) is 11.1. The summed E-state index contributed by atoms with van der Waals surface area (Å²) in [5.74, 6) is 0.326. The maximum Gasteiger partial charge on any atom is 0.221 e. The van der Waals surface area contributed by atoms with Crippen molar-refractivity contribution in [2.24, 2.45) is 0 Å². The van der Waals surface area contributed by atoms with E-state index in [0.29, 0.717) is 19.4 Å². The number of ketones is 1. The van der Waals surface area contributed by atoms with Gasteiger partial charge in [0.2, 0.25) is 5.91 Å². The minimum absolute atomic E-state index is 0.128. The predicted octanol–water partition coefficient (Wildman–Crippen LogP) is 1.47. The fourth-order valence-electron chi connectivity index (χ4n) is 2.27. The number of rotatable bonds is 5. The number of amides is 1. The van der Waals surface area contributed by atoms with E-state index >= 15 is 0 Å². The normalized spacial score (nSPS) is 16.7. The van der Waals surface area contributed by atoms with Crippen molar-refractivity contribution in [1.82, 2.24) is 10.2 Å². The van der Waals surface area contributed by atoms with Crippen molar-refractivity contribution < 1.29 is 9.59 Å². The lowest BCUT2D eigenvalue weighted by molar-refractivity contribution is -0.120. The van der Waals surface area contributed by atoms with Gasteiger partial charge in [-0.3, -0.25) is 9.59 Å². The van der Waals surface area contributed by atoms with Crippen molar-refractivity contribution in [3.05, 3.63) is 35.9 Å². The van der Waals surface area contributed by atoms with Crippen molar-refractivity contribution >= 4 is 11.7 Å². The molecule has 1 N–H and O–H groups in total. The van der Waals surface area contributed by atoms with Gasteiger partial charge in [0, 0.05) is 38.0 Å². The van der Waals surface area contributed by atoms with Crippen LogP contribution in [0, 0.1) is 0 Å². The number of hydrogen-bond donors (Lipinski definition) is 1. The Bertz CT molecular complexity index is 431. The summed E-state index contributed by atoms with van der Waals surface area (Å²) >= 11 is 0. The van der Waals surface area contributed by atoms with E-state index in [4.69, 9.17) is 0 Å². The van der Waals surface area contributed by atoms with Gasteiger partial charge in [-0.15, -0.1) is 0 Å². The second-order valence-electron chi connectivity index (χ2n) is 4.83. The van der Waals surface area contributed by atoms with Crippen molar-refractivity contribution in [1.29, 1.82) is 0 Å². The second kappa shape index (κ2) is 7.04. The highest BCUT2D eigenvalue weighted by atomic mass is 16.1. The molecular formula is C15H20N2O2. The summed E-state index contributed by atoms with van der Waals surface area (Å²) in [4.78, 5) is 25.4. The van der Waals surface area contributed by atoms with Crippen molar-refractivity contribution in [2.45, 2.75) is 19.3 Å². The van der Waals surface area contributed by atoms with E-state index in [-0.39, 0.29) is 11.7 Å². The quantitative estimate of drug-likeness (QED) is 0.816. The Morgan fingerprint density at radius 3 is 2.79 bits per heavy atom. The molecule has 1 aromatic carbocycles. The van der Waals surface area contributed by atoms with E-state index in [1.54, 1.807) is 0 Å². The first-order chi connectivity index (χ1) is 9.25. The summed E-state index contributed by atoms with van der Waals surface area (Å²) < 4.78 is 0. The molecule has 0 radical (unpaired) electrons. The van der Waals surface area contributed by atoms with Gasteiger partial charge in [-0.2, -0.15) is 0 Å². The molecule has 0 saturated carbocycles. The highest BCUT2D eigenvalue weighted by Gasteiger charge is 2.13. The first-order valence-electron chi connectivity index (χ1n) is 6.83. The van der Waals surface area contributed by atoms with E-state index in [1.165, 1.54) is 0 Å². The average Bonchev–Trinajstić information content (AvgIpc) is 2.65. The van der Waals surface area contributed by atoms with E-state index in [9.17, 15) is 9.59 Å². The Labute approximate surface area is 113 Å². The standard InChI is InChI=1S/C15H20N2O2/c18-14(13-5-2-1-3-6-13)7-4-10-17-11-8-15(19)16-9-12-17/h1-3,5-6H,4,7-12H2,(H,16,19). The Hall–Kier alpha value is -1.68. The third-order valence-corrected chi connectivity index (χ3v) is 3.38. The SMILES string of the molecule is O=C1CCN(CCCC(=O)c2ccccc2)CCN1. The lowest BCUT2D eigenvalue weighted by atomic mass is 10.1. The molecule has 1 fully saturated rings. The summed E-state index contributed by atoms with van der Waals surface area (Å²) in [7, 11) is 0. The zero-order valence-electron chi connectivity index (χ0n) is 11.1. The Kier molecular flexibility index (Phi) is 5.10. The summed E-state index contributed by atoms with van der Waals surface area (Å²) in [6.07, 6.45) is 1.98. The molecule has 1 amide bonds. The van der Waals surface area contributed by atoms with Gasteiger partial charge in [0.05, 0.1) is 0 Å². The van der Waals surface area contributed by atoms with Gasteiger partial charge in [0.1, 0.15) is 0 Å². The van der Waals surface area contributed by atoms with Crippen LogP contribution in [0.15, 0.2) is 30.3 Å². The molecule has 1 aliphatic heterocycles. The molecular weight excluding hydrogens is 240 g/mol. The summed E-state index contributed by atoms with van der Waals surface area (Å²) in [6, 6.07) is 9.41. The predicted molar refractivity (Wildman–Crippen MR) is 74.1 cm³/mol. The van der Waals surface area contributed by atoms with Crippen LogP contribution in [0.5, 0.6) is 0 Å². The van der Waals surface area contributed by atoms with Crippen LogP contribution in [0.25, 0.3) is 0 Å². The summed E-state index contributed by atoms with van der Waals surface area (Å²) in [5.41, 5.74) is 0.787. The smallest absolute Gasteiger partial charge is 0.221 e. The van der Waals surface area contributed by atoms with Crippen LogP contribution in [-0.2, 0) is 4.79 Å².